The van der Waals surface area contributed by atoms with Gasteiger partial charge < -0.3 is 75.8 Å². The van der Waals surface area contributed by atoms with Gasteiger partial charge >= 0.3 is 47.8 Å². The first kappa shape index (κ1) is 89.2. The van der Waals surface area contributed by atoms with Gasteiger partial charge in [0.1, 0.15) is 0 Å². The summed E-state index contributed by atoms with van der Waals surface area (Å²) < 4.78 is 103. The van der Waals surface area contributed by atoms with Gasteiger partial charge in [0.05, 0.1) is 56.9 Å². The van der Waals surface area contributed by atoms with Gasteiger partial charge in [0.2, 0.25) is 44.8 Å². The largest absolute Gasteiger partial charge is 0.467 e. The van der Waals surface area contributed by atoms with Crippen LogP contribution in [0, 0.1) is 0 Å². The van der Waals surface area contributed by atoms with Crippen molar-refractivity contribution < 1.29 is 158 Å². The number of ether oxygens (including phenoxy) is 16. The summed E-state index contributed by atoms with van der Waals surface area (Å²) in [7, 11) is 19.3. The fourth-order valence-corrected chi connectivity index (χ4v) is 5.18. The molecule has 0 rings (SSSR count). The number of hydrogen-bond acceptors (Lipinski definition) is 32. The van der Waals surface area contributed by atoms with Crippen molar-refractivity contribution in [2.75, 3.05) is 114 Å². The molecule has 8 atom stereocenters. The second kappa shape index (κ2) is 46.8. The summed E-state index contributed by atoms with van der Waals surface area (Å²) in [6, 6.07) is 0. The minimum absolute atomic E-state index is 0.369. The third-order valence-corrected chi connectivity index (χ3v) is 13.2. The van der Waals surface area contributed by atoms with E-state index in [1.807, 2.05) is 0 Å². The van der Waals surface area contributed by atoms with Crippen LogP contribution in [0.5, 0.6) is 0 Å². The molecule has 0 aliphatic heterocycles. The normalized spacial score (nSPS) is 16.2. The Balaban J connectivity index is -0.000000150. The Morgan fingerprint density at radius 3 is 0.356 bits per heavy atom. The number of Topliss-reactive ketones (excluding diaryl/α,β-unsaturated/α-hetero) is 8. The van der Waals surface area contributed by atoms with Crippen LogP contribution in [0.2, 0.25) is 0 Å². The smallest absolute Gasteiger partial charge is 0.345 e. The molecule has 0 spiro atoms. The van der Waals surface area contributed by atoms with E-state index in [-0.39, 0.29) is 34.7 Å². The topological polar surface area (TPSA) is 421 Å². The second-order valence-corrected chi connectivity index (χ2v) is 18.1. The van der Waals surface area contributed by atoms with Crippen LogP contribution in [0.15, 0.2) is 0 Å². The number of ketones is 8. The fraction of sp³-hybridized carbons (Fsp3) is 0.724. The van der Waals surface area contributed by atoms with Crippen LogP contribution in [-0.4, -0.2) is 253 Å². The first-order valence-electron chi connectivity index (χ1n) is 27.6. The van der Waals surface area contributed by atoms with Gasteiger partial charge in [0.15, 0.2) is 46.3 Å². The van der Waals surface area contributed by atoms with Crippen molar-refractivity contribution in [2.24, 2.45) is 0 Å². The lowest BCUT2D eigenvalue weighted by molar-refractivity contribution is -0.172. The predicted molar refractivity (Wildman–Crippen MR) is 314 cm³/mol. The highest BCUT2D eigenvalue weighted by atomic mass is 16.6. The van der Waals surface area contributed by atoms with Crippen molar-refractivity contribution >= 4 is 94.0 Å². The highest BCUT2D eigenvalue weighted by Gasteiger charge is 2.46. The Hall–Kier alpha value is -7.20. The van der Waals surface area contributed by atoms with Crippen LogP contribution in [0.1, 0.15) is 129 Å². The van der Waals surface area contributed by atoms with Gasteiger partial charge in [0.25, 0.3) is 0 Å². The molecule has 0 bridgehead atoms. The number of carbonyl (C=O) groups is 16. The van der Waals surface area contributed by atoms with Crippen LogP contribution in [0.3, 0.4) is 0 Å². The SMILES string of the molecule is COC(=O)C(C)(OC)C(C)=O.COC(=O)C(C)(OC)C(C)=O.COC(=O)C(C)(OC)C(C)=O.COC(=O)C(C)(OC)C(C)=O.COC(=O)C(C)(OC)C(C)=O.COC(=O)C(C)(OC)C(C)=O.[2H]C([2H])(C)C(OC)(C(C)=O)C(=O)OC.[2H]C([2H])(C)C(OC)(C(C)=O)C(=O)OC. The van der Waals surface area contributed by atoms with E-state index < -0.39 is 117 Å². The predicted octanol–water partition coefficient (Wildman–Crippen LogP) is 2.01. The zero-order valence-electron chi connectivity index (χ0n) is 62.1. The molecule has 0 fully saturated rings. The van der Waals surface area contributed by atoms with Crippen molar-refractivity contribution in [1.82, 2.24) is 0 Å². The Labute approximate surface area is 533 Å². The summed E-state index contributed by atoms with van der Waals surface area (Å²) in [5.74, 6) is -9.75. The Bertz CT molecular complexity index is 2220. The molecule has 90 heavy (non-hydrogen) atoms. The zero-order valence-corrected chi connectivity index (χ0v) is 58.1. The standard InChI is InChI=1S/2C8H14O4.6C7H12O4/c2*1-5-8(12-4,6(2)9)7(10)11-3;6*1-5(8)7(2,11-4)6(9)10-3/h2*5H2,1-4H3;6*1-4H3/i2*5D2;;;;;;. The van der Waals surface area contributed by atoms with Gasteiger partial charge in [-0.2, -0.15) is 0 Å². The third-order valence-electron chi connectivity index (χ3n) is 13.2. The van der Waals surface area contributed by atoms with Crippen LogP contribution >= 0.6 is 0 Å². The van der Waals surface area contributed by atoms with E-state index in [1.54, 1.807) is 0 Å². The minimum Gasteiger partial charge on any atom is -0.467 e. The van der Waals surface area contributed by atoms with E-state index in [0.29, 0.717) is 0 Å². The Kier molecular flexibility index (Phi) is 46.4. The number of methoxy groups -OCH3 is 16. The first-order chi connectivity index (χ1) is 42.4. The summed E-state index contributed by atoms with van der Waals surface area (Å²) >= 11 is 0. The van der Waals surface area contributed by atoms with Gasteiger partial charge in [-0.05, 0) is 110 Å². The van der Waals surface area contributed by atoms with Crippen molar-refractivity contribution in [3.63, 3.8) is 0 Å². The highest BCUT2D eigenvalue weighted by Crippen LogP contribution is 2.20. The maximum atomic E-state index is 11.3. The summed E-state index contributed by atoms with van der Waals surface area (Å²) in [6.07, 6.45) is -4.28. The van der Waals surface area contributed by atoms with Crippen molar-refractivity contribution in [3.05, 3.63) is 0 Å². The summed E-state index contributed by atoms with van der Waals surface area (Å²) in [5, 5.41) is 0. The fourth-order valence-electron chi connectivity index (χ4n) is 5.18. The summed E-state index contributed by atoms with van der Waals surface area (Å²) in [4.78, 5) is 176. The van der Waals surface area contributed by atoms with Crippen LogP contribution in [-0.2, 0) is 153 Å². The van der Waals surface area contributed by atoms with Gasteiger partial charge in [-0.3, -0.25) is 38.4 Å². The van der Waals surface area contributed by atoms with E-state index in [4.69, 9.17) is 43.4 Å². The molecule has 32 heteroatoms. The lowest BCUT2D eigenvalue weighted by atomic mass is 9.96. The lowest BCUT2D eigenvalue weighted by Gasteiger charge is -2.24. The molecular weight excluding hydrogens is 1210 g/mol. The molecule has 0 saturated heterocycles. The van der Waals surface area contributed by atoms with Crippen molar-refractivity contribution in [3.8, 4) is 0 Å². The van der Waals surface area contributed by atoms with Crippen molar-refractivity contribution in [1.29, 1.82) is 0 Å². The molecule has 0 heterocycles. The molecule has 0 N–H and O–H groups in total. The highest BCUT2D eigenvalue weighted by molar-refractivity contribution is 6.09. The molecule has 524 valence electrons. The first-order valence-corrected chi connectivity index (χ1v) is 25.6. The van der Waals surface area contributed by atoms with E-state index in [2.05, 4.69) is 37.9 Å². The quantitative estimate of drug-likeness (QED) is 0.0679. The number of hydrogen-bond donors (Lipinski definition) is 0. The van der Waals surface area contributed by atoms with E-state index in [9.17, 15) is 76.7 Å². The van der Waals surface area contributed by atoms with Crippen molar-refractivity contribution in [2.45, 2.75) is 168 Å². The average Bonchev–Trinajstić information content (AvgIpc) is 0.788. The molecule has 0 aromatic heterocycles. The Morgan fingerprint density at radius 2 is 0.333 bits per heavy atom. The second-order valence-electron chi connectivity index (χ2n) is 18.1. The molecule has 0 aliphatic rings. The van der Waals surface area contributed by atoms with Gasteiger partial charge in [-0.15, -0.1) is 0 Å². The van der Waals surface area contributed by atoms with E-state index in [1.165, 1.54) is 168 Å². The molecule has 0 radical (unpaired) electrons. The van der Waals surface area contributed by atoms with Gasteiger partial charge in [-0.25, -0.2) is 38.4 Å². The molecule has 0 aromatic rings. The van der Waals surface area contributed by atoms with Crippen LogP contribution in [0.25, 0.3) is 0 Å². The molecule has 0 aromatic carbocycles. The summed E-state index contributed by atoms with van der Waals surface area (Å²) in [5.41, 5.74) is -13.1. The van der Waals surface area contributed by atoms with E-state index in [0.717, 1.165) is 56.1 Å². The van der Waals surface area contributed by atoms with Gasteiger partial charge in [-0.1, -0.05) is 13.8 Å². The van der Waals surface area contributed by atoms with E-state index >= 15 is 0 Å². The number of rotatable bonds is 26. The molecule has 0 aliphatic carbocycles. The maximum Gasteiger partial charge on any atom is 0.345 e. The number of carbonyl (C=O) groups excluding carboxylic acids is 16. The third kappa shape index (κ3) is 28.3. The van der Waals surface area contributed by atoms with Crippen LogP contribution < -0.4 is 0 Å². The monoisotopic (exact) mass is 1310 g/mol. The molecule has 32 nitrogen and oxygen atoms in total. The van der Waals surface area contributed by atoms with Crippen LogP contribution in [0.4, 0.5) is 0 Å². The zero-order chi connectivity index (χ0) is 77.6. The molecule has 0 saturated carbocycles. The maximum absolute atomic E-state index is 11.3. The average molecular weight is 1310 g/mol. The molecule has 0 amide bonds. The summed E-state index contributed by atoms with van der Waals surface area (Å²) in [6.45, 7) is 20.3. The molecule has 8 unspecified atom stereocenters. The Morgan fingerprint density at radius 1 is 0.222 bits per heavy atom. The van der Waals surface area contributed by atoms with Gasteiger partial charge in [0, 0.05) is 62.4 Å². The number of esters is 8. The minimum atomic E-state index is -2.18. The molecular formula is C58H100O32. The lowest BCUT2D eigenvalue weighted by Crippen LogP contribution is -2.47.